The van der Waals surface area contributed by atoms with Crippen LogP contribution in [0.2, 0.25) is 10.0 Å². The van der Waals surface area contributed by atoms with Crippen LogP contribution in [0.1, 0.15) is 5.56 Å². The van der Waals surface area contributed by atoms with Crippen molar-refractivity contribution >= 4 is 40.3 Å². The normalized spacial score (nSPS) is 12.1. The van der Waals surface area contributed by atoms with E-state index >= 15 is 0 Å². The van der Waals surface area contributed by atoms with Gasteiger partial charge in [-0.25, -0.2) is 4.79 Å². The smallest absolute Gasteiger partial charge is 0.329 e. The second kappa shape index (κ2) is 9.65. The number of fused-ring (bicyclic) bond motifs is 1. The maximum atomic E-state index is 12.6. The predicted molar refractivity (Wildman–Crippen MR) is 125 cm³/mol. The Morgan fingerprint density at radius 3 is 2.82 bits per heavy atom. The number of nitrogens with one attached hydrogen (secondary N) is 2. The maximum absolute atomic E-state index is 12.6. The van der Waals surface area contributed by atoms with Crippen LogP contribution in [0, 0.1) is 0 Å². The Labute approximate surface area is 197 Å². The van der Waals surface area contributed by atoms with Gasteiger partial charge in [0.1, 0.15) is 18.5 Å². The van der Waals surface area contributed by atoms with Crippen LogP contribution in [0.4, 0.5) is 5.95 Å². The molecule has 0 saturated carbocycles. The third-order valence-electron chi connectivity index (χ3n) is 4.90. The summed E-state index contributed by atoms with van der Waals surface area (Å²) < 4.78 is 8.36. The number of aliphatic hydroxyl groups is 1. The van der Waals surface area contributed by atoms with Crippen LogP contribution in [0.3, 0.4) is 0 Å². The van der Waals surface area contributed by atoms with E-state index in [-0.39, 0.29) is 24.3 Å². The van der Waals surface area contributed by atoms with Gasteiger partial charge in [-0.1, -0.05) is 29.3 Å². The number of H-pyrrole nitrogens is 1. The monoisotopic (exact) mass is 490 g/mol. The van der Waals surface area contributed by atoms with Gasteiger partial charge >= 0.3 is 5.69 Å². The van der Waals surface area contributed by atoms with E-state index in [2.05, 4.69) is 20.3 Å². The number of hydrogen-bond donors (Lipinski definition) is 3. The Bertz CT molecular complexity index is 1400. The molecule has 4 aromatic rings. The van der Waals surface area contributed by atoms with Crippen molar-refractivity contribution in [3.63, 3.8) is 0 Å². The molecule has 0 aliphatic rings. The van der Waals surface area contributed by atoms with Crippen molar-refractivity contribution in [2.24, 2.45) is 7.05 Å². The lowest BCUT2D eigenvalue weighted by molar-refractivity contribution is 0.0939. The number of anilines is 1. The molecule has 0 radical (unpaired) electrons. The summed E-state index contributed by atoms with van der Waals surface area (Å²) in [7, 11) is 1.50. The summed E-state index contributed by atoms with van der Waals surface area (Å²) >= 11 is 12.0. The number of aromatic nitrogens is 5. The molecule has 3 N–H and O–H groups in total. The molecule has 10 nitrogen and oxygen atoms in total. The Balaban J connectivity index is 1.61. The fourth-order valence-corrected chi connectivity index (χ4v) is 3.74. The Morgan fingerprint density at radius 1 is 1.27 bits per heavy atom. The van der Waals surface area contributed by atoms with E-state index < -0.39 is 17.4 Å². The van der Waals surface area contributed by atoms with Gasteiger partial charge in [0.25, 0.3) is 5.56 Å². The number of halogens is 2. The first-order valence-electron chi connectivity index (χ1n) is 9.91. The highest BCUT2D eigenvalue weighted by Crippen LogP contribution is 2.27. The number of rotatable bonds is 8. The molecule has 0 bridgehead atoms. The number of benzene rings is 1. The van der Waals surface area contributed by atoms with E-state index in [1.807, 2.05) is 6.07 Å². The average molecular weight is 491 g/mol. The molecule has 3 aromatic heterocycles. The largest absolute Gasteiger partial charge is 0.489 e. The van der Waals surface area contributed by atoms with Gasteiger partial charge in [-0.2, -0.15) is 4.98 Å². The Morgan fingerprint density at radius 2 is 2.09 bits per heavy atom. The van der Waals surface area contributed by atoms with Gasteiger partial charge < -0.3 is 19.7 Å². The molecule has 0 fully saturated rings. The molecule has 1 aromatic carbocycles. The lowest BCUT2D eigenvalue weighted by Crippen LogP contribution is -2.31. The van der Waals surface area contributed by atoms with E-state index in [9.17, 15) is 14.7 Å². The molecule has 0 saturated heterocycles. The summed E-state index contributed by atoms with van der Waals surface area (Å²) in [5, 5.41) is 14.6. The Kier molecular flexibility index (Phi) is 6.68. The lowest BCUT2D eigenvalue weighted by Gasteiger charge is -2.16. The number of aromatic amines is 1. The summed E-state index contributed by atoms with van der Waals surface area (Å²) in [5.74, 6) is 0.676. The van der Waals surface area contributed by atoms with Crippen LogP contribution in [-0.2, 0) is 20.1 Å². The summed E-state index contributed by atoms with van der Waals surface area (Å²) in [5.41, 5.74) is 0.0296. The molecule has 3 heterocycles. The minimum absolute atomic E-state index is 0.0294. The van der Waals surface area contributed by atoms with Crippen LogP contribution in [-0.4, -0.2) is 41.9 Å². The van der Waals surface area contributed by atoms with Gasteiger partial charge in [-0.05, 0) is 29.8 Å². The van der Waals surface area contributed by atoms with E-state index in [1.54, 1.807) is 30.6 Å². The van der Waals surface area contributed by atoms with Crippen LogP contribution in [0.5, 0.6) is 5.75 Å². The highest BCUT2D eigenvalue weighted by Gasteiger charge is 2.20. The fourth-order valence-electron chi connectivity index (χ4n) is 3.27. The van der Waals surface area contributed by atoms with Crippen molar-refractivity contribution < 1.29 is 9.84 Å². The second-order valence-corrected chi connectivity index (χ2v) is 8.13. The minimum atomic E-state index is -1.02. The van der Waals surface area contributed by atoms with Crippen molar-refractivity contribution in [3.05, 3.63) is 79.2 Å². The summed E-state index contributed by atoms with van der Waals surface area (Å²) in [6, 6.07) is 8.45. The van der Waals surface area contributed by atoms with Gasteiger partial charge in [0.15, 0.2) is 11.2 Å². The third kappa shape index (κ3) is 5.03. The summed E-state index contributed by atoms with van der Waals surface area (Å²) in [4.78, 5) is 35.4. The molecule has 1 atom stereocenters. The van der Waals surface area contributed by atoms with Crippen molar-refractivity contribution in [2.45, 2.75) is 19.2 Å². The minimum Gasteiger partial charge on any atom is -0.489 e. The SMILES string of the molecule is Cn1c(=O)[nH]c(=O)c2c1nc(NCc1cccnc1)n2CC(O)COc1ccc(Cl)cc1Cl. The van der Waals surface area contributed by atoms with E-state index in [1.165, 1.54) is 22.2 Å². The molecule has 1 unspecified atom stereocenters. The zero-order chi connectivity index (χ0) is 23.5. The number of pyridine rings is 1. The van der Waals surface area contributed by atoms with Crippen LogP contribution < -0.4 is 21.3 Å². The van der Waals surface area contributed by atoms with Gasteiger partial charge in [0.05, 0.1) is 11.6 Å². The molecule has 33 heavy (non-hydrogen) atoms. The second-order valence-electron chi connectivity index (χ2n) is 7.29. The molecule has 0 aliphatic heterocycles. The molecule has 0 amide bonds. The number of aliphatic hydroxyl groups excluding tert-OH is 1. The summed E-state index contributed by atoms with van der Waals surface area (Å²) in [6.07, 6.45) is 2.34. The predicted octanol–water partition coefficient (Wildman–Crippen LogP) is 2.18. The molecular weight excluding hydrogens is 471 g/mol. The maximum Gasteiger partial charge on any atom is 0.329 e. The zero-order valence-electron chi connectivity index (χ0n) is 17.5. The van der Waals surface area contributed by atoms with E-state index in [0.717, 1.165) is 5.56 Å². The number of imidazole rings is 1. The van der Waals surface area contributed by atoms with Crippen LogP contribution in [0.15, 0.2) is 52.3 Å². The first kappa shape index (κ1) is 22.8. The quantitative estimate of drug-likeness (QED) is 0.345. The van der Waals surface area contributed by atoms with Gasteiger partial charge in [-0.15, -0.1) is 0 Å². The molecule has 4 rings (SSSR count). The van der Waals surface area contributed by atoms with E-state index in [4.69, 9.17) is 27.9 Å². The number of hydrogen-bond acceptors (Lipinski definition) is 7. The first-order valence-corrected chi connectivity index (χ1v) is 10.7. The molecule has 0 spiro atoms. The molecular formula is C21H20Cl2N6O4. The van der Waals surface area contributed by atoms with Gasteiger partial charge in [0, 0.05) is 31.0 Å². The van der Waals surface area contributed by atoms with Gasteiger partial charge in [-0.3, -0.25) is 19.3 Å². The third-order valence-corrected chi connectivity index (χ3v) is 5.43. The molecule has 0 aliphatic carbocycles. The van der Waals surface area contributed by atoms with Crippen molar-refractivity contribution in [1.82, 2.24) is 24.1 Å². The first-order chi connectivity index (χ1) is 15.8. The summed E-state index contributed by atoms with van der Waals surface area (Å²) in [6.45, 7) is 0.237. The van der Waals surface area contributed by atoms with Crippen molar-refractivity contribution in [2.75, 3.05) is 11.9 Å². The van der Waals surface area contributed by atoms with Crippen molar-refractivity contribution in [1.29, 1.82) is 0 Å². The highest BCUT2D eigenvalue weighted by molar-refractivity contribution is 6.35. The zero-order valence-corrected chi connectivity index (χ0v) is 19.0. The highest BCUT2D eigenvalue weighted by atomic mass is 35.5. The molecule has 12 heteroatoms. The van der Waals surface area contributed by atoms with Crippen LogP contribution in [0.25, 0.3) is 11.2 Å². The topological polar surface area (TPSA) is 127 Å². The Hall–Kier alpha value is -3.34. The average Bonchev–Trinajstić information content (AvgIpc) is 3.15. The van der Waals surface area contributed by atoms with Crippen molar-refractivity contribution in [3.8, 4) is 5.75 Å². The van der Waals surface area contributed by atoms with Crippen LogP contribution >= 0.6 is 23.2 Å². The lowest BCUT2D eigenvalue weighted by atomic mass is 10.3. The molecule has 172 valence electrons. The number of aryl methyl sites for hydroxylation is 1. The fraction of sp³-hybridized carbons (Fsp3) is 0.238. The number of nitrogens with zero attached hydrogens (tertiary/aromatic N) is 4. The standard InChI is InChI=1S/C21H20Cl2N6O4/c1-28-18-17(19(31)27-21(28)32)29(20(26-18)25-9-12-3-2-6-24-8-12)10-14(30)11-33-16-5-4-13(22)7-15(16)23/h2-8,14,30H,9-11H2,1H3,(H,25,26)(H,27,31,32). The van der Waals surface area contributed by atoms with E-state index in [0.29, 0.717) is 28.3 Å². The number of ether oxygens (including phenoxy) is 1. The van der Waals surface area contributed by atoms with Gasteiger partial charge in [0.2, 0.25) is 5.95 Å².